The largest absolute Gasteiger partial charge is 0.594 e. The number of aliphatic hydroxyl groups is 1. The van der Waals surface area contributed by atoms with Gasteiger partial charge in [-0.2, -0.15) is 0 Å². The number of nitrogens with zero attached hydrogens (tertiary/aromatic N) is 3. The minimum absolute atomic E-state index is 0.226. The number of pyridine rings is 2. The maximum absolute atomic E-state index is 11.8. The third-order valence-electron chi connectivity index (χ3n) is 5.28. The maximum atomic E-state index is 11.8. The van der Waals surface area contributed by atoms with Gasteiger partial charge in [0.25, 0.3) is 0 Å². The highest BCUT2D eigenvalue weighted by Crippen LogP contribution is 2.15. The number of hydrogen-bond donors (Lipinski definition) is 2. The molecule has 182 valence electrons. The van der Waals surface area contributed by atoms with Gasteiger partial charge < -0.3 is 19.7 Å². The number of aliphatic hydroxyl groups excluding tert-OH is 1. The Kier molecular flexibility index (Phi) is 8.58. The molecule has 0 bridgehead atoms. The molecule has 0 aliphatic carbocycles. The first-order valence-corrected chi connectivity index (χ1v) is 11.6. The van der Waals surface area contributed by atoms with Crippen molar-refractivity contribution in [3.05, 3.63) is 110 Å². The SMILES string of the molecule is [O-]C(=Nc1ccccc1)OCC[n+]1ccc(-c2cc[n+](CCOC(O)=[NH+]c3ccccc3)cc2)cc1. The van der Waals surface area contributed by atoms with Crippen LogP contribution in [0.3, 0.4) is 0 Å². The van der Waals surface area contributed by atoms with Crippen LogP contribution in [0.2, 0.25) is 0 Å². The molecule has 0 unspecified atom stereocenters. The Balaban J connectivity index is 1.22. The number of aromatic nitrogens is 2. The number of nitrogens with one attached hydrogen (secondary N) is 1. The van der Waals surface area contributed by atoms with E-state index in [2.05, 4.69) is 9.98 Å². The van der Waals surface area contributed by atoms with E-state index >= 15 is 0 Å². The monoisotopic (exact) mass is 484 g/mol. The summed E-state index contributed by atoms with van der Waals surface area (Å²) in [6, 6.07) is 26.4. The van der Waals surface area contributed by atoms with Crippen LogP contribution in [0.1, 0.15) is 0 Å². The Morgan fingerprint density at radius 3 is 1.78 bits per heavy atom. The molecular formula is C28H28N4O4+2. The molecule has 0 radical (unpaired) electrons. The van der Waals surface area contributed by atoms with Crippen molar-refractivity contribution in [3.8, 4) is 11.1 Å². The summed E-state index contributed by atoms with van der Waals surface area (Å²) in [6.07, 6.45) is 7.02. The predicted octanol–water partition coefficient (Wildman–Crippen LogP) is 1.34. The Morgan fingerprint density at radius 1 is 0.722 bits per heavy atom. The first-order chi connectivity index (χ1) is 17.7. The van der Waals surface area contributed by atoms with Crippen molar-refractivity contribution in [1.29, 1.82) is 0 Å². The van der Waals surface area contributed by atoms with Crippen molar-refractivity contribution in [1.82, 2.24) is 0 Å². The summed E-state index contributed by atoms with van der Waals surface area (Å²) in [5.74, 6) is 0. The molecule has 2 aromatic carbocycles. The van der Waals surface area contributed by atoms with Crippen molar-refractivity contribution in [2.45, 2.75) is 13.1 Å². The summed E-state index contributed by atoms with van der Waals surface area (Å²) < 4.78 is 14.5. The molecule has 0 atom stereocenters. The lowest BCUT2D eigenvalue weighted by atomic mass is 10.1. The first kappa shape index (κ1) is 24.4. The van der Waals surface area contributed by atoms with E-state index in [4.69, 9.17) is 9.47 Å². The molecule has 0 saturated carbocycles. The Bertz CT molecular complexity index is 1170. The molecule has 0 spiro atoms. The topological polar surface area (TPSA) is 95.8 Å². The number of ether oxygens (including phenoxy) is 2. The molecule has 0 fully saturated rings. The normalized spacial score (nSPS) is 11.8. The van der Waals surface area contributed by atoms with Crippen LogP contribution in [0, 0.1) is 0 Å². The second kappa shape index (κ2) is 12.7. The lowest BCUT2D eigenvalue weighted by molar-refractivity contribution is -0.698. The number of para-hydroxylation sites is 2. The van der Waals surface area contributed by atoms with Gasteiger partial charge in [0.15, 0.2) is 50.6 Å². The lowest BCUT2D eigenvalue weighted by Gasteiger charge is -2.12. The molecule has 2 heterocycles. The highest BCUT2D eigenvalue weighted by Gasteiger charge is 2.09. The zero-order valence-corrected chi connectivity index (χ0v) is 19.7. The van der Waals surface area contributed by atoms with Crippen LogP contribution in [0.15, 0.2) is 115 Å². The molecule has 0 saturated heterocycles. The molecular weight excluding hydrogens is 456 g/mol. The third-order valence-corrected chi connectivity index (χ3v) is 5.28. The van der Waals surface area contributed by atoms with E-state index in [0.717, 1.165) is 16.8 Å². The van der Waals surface area contributed by atoms with Gasteiger partial charge in [-0.15, -0.1) is 4.99 Å². The minimum atomic E-state index is -0.595. The lowest BCUT2D eigenvalue weighted by Crippen LogP contribution is -2.67. The van der Waals surface area contributed by atoms with Gasteiger partial charge in [-0.25, -0.2) is 14.1 Å². The van der Waals surface area contributed by atoms with Crippen LogP contribution >= 0.6 is 0 Å². The highest BCUT2D eigenvalue weighted by molar-refractivity contribution is 5.66. The van der Waals surface area contributed by atoms with Gasteiger partial charge >= 0.3 is 6.08 Å². The number of aliphatic imine (C=N–C) groups is 1. The molecule has 4 rings (SSSR count). The minimum Gasteiger partial charge on any atom is -0.594 e. The molecule has 36 heavy (non-hydrogen) atoms. The van der Waals surface area contributed by atoms with Crippen LogP contribution in [0.5, 0.6) is 0 Å². The van der Waals surface area contributed by atoms with Gasteiger partial charge in [-0.3, -0.25) is 0 Å². The van der Waals surface area contributed by atoms with E-state index in [9.17, 15) is 10.2 Å². The zero-order chi connectivity index (χ0) is 25.0. The predicted molar refractivity (Wildman–Crippen MR) is 132 cm³/mol. The van der Waals surface area contributed by atoms with Gasteiger partial charge in [0, 0.05) is 36.4 Å². The van der Waals surface area contributed by atoms with E-state index in [-0.39, 0.29) is 12.7 Å². The highest BCUT2D eigenvalue weighted by atomic mass is 16.6. The van der Waals surface area contributed by atoms with Crippen LogP contribution < -0.4 is 19.2 Å². The van der Waals surface area contributed by atoms with Gasteiger partial charge in [0.05, 0.1) is 12.3 Å². The van der Waals surface area contributed by atoms with Crippen molar-refractivity contribution in [3.63, 3.8) is 0 Å². The van der Waals surface area contributed by atoms with E-state index in [1.54, 1.807) is 12.1 Å². The van der Waals surface area contributed by atoms with E-state index < -0.39 is 6.08 Å². The molecule has 2 N–H and O–H groups in total. The van der Waals surface area contributed by atoms with Crippen LogP contribution in [-0.4, -0.2) is 30.5 Å². The summed E-state index contributed by atoms with van der Waals surface area (Å²) in [6.45, 7) is 1.68. The standard InChI is InChI=1S/C28H26N4O4/c33-27(29-25-7-3-1-4-8-25)35-21-19-31-15-11-23(12-16-31)24-13-17-32(18-14-24)20-22-36-28(34)30-26-9-5-2-6-10-26/h1-18H,19-22H2/p+2. The van der Waals surface area contributed by atoms with Crippen LogP contribution in [0.25, 0.3) is 11.1 Å². The smallest absolute Gasteiger partial charge is 0.551 e. The Labute approximate surface area is 209 Å². The fourth-order valence-electron chi connectivity index (χ4n) is 3.41. The van der Waals surface area contributed by atoms with E-state index in [0.29, 0.717) is 25.4 Å². The molecule has 0 aliphatic rings. The molecule has 4 aromatic rings. The Morgan fingerprint density at radius 2 is 1.22 bits per heavy atom. The van der Waals surface area contributed by atoms with Gasteiger partial charge in [-0.05, 0) is 23.3 Å². The zero-order valence-electron chi connectivity index (χ0n) is 19.7. The van der Waals surface area contributed by atoms with E-state index in [1.165, 1.54) is 0 Å². The molecule has 8 nitrogen and oxygen atoms in total. The van der Waals surface area contributed by atoms with E-state index in [1.807, 2.05) is 107 Å². The average molecular weight is 485 g/mol. The van der Waals surface area contributed by atoms with Crippen molar-refractivity contribution in [2.75, 3.05) is 13.2 Å². The van der Waals surface area contributed by atoms with Crippen LogP contribution in [-0.2, 0) is 22.6 Å². The quantitative estimate of drug-likeness (QED) is 0.213. The number of hydrogen-bond acceptors (Lipinski definition) is 4. The molecule has 0 amide bonds. The van der Waals surface area contributed by atoms with Gasteiger partial charge in [-0.1, -0.05) is 36.4 Å². The third kappa shape index (κ3) is 7.66. The summed E-state index contributed by atoms with van der Waals surface area (Å²) in [5, 5.41) is 21.7. The average Bonchev–Trinajstić information content (AvgIpc) is 2.91. The maximum Gasteiger partial charge on any atom is 0.551 e. The fourth-order valence-corrected chi connectivity index (χ4v) is 3.41. The number of benzene rings is 2. The van der Waals surface area contributed by atoms with Crippen LogP contribution in [0.4, 0.5) is 11.4 Å². The summed E-state index contributed by atoms with van der Waals surface area (Å²) in [5.41, 5.74) is 3.49. The first-order valence-electron chi connectivity index (χ1n) is 11.6. The second-order valence-electron chi connectivity index (χ2n) is 7.86. The summed E-state index contributed by atoms with van der Waals surface area (Å²) in [7, 11) is 0. The van der Waals surface area contributed by atoms with Crippen molar-refractivity contribution in [2.24, 2.45) is 4.99 Å². The number of rotatable bonds is 9. The Hall–Kier alpha value is -4.72. The van der Waals surface area contributed by atoms with Crippen molar-refractivity contribution < 1.29 is 33.8 Å². The molecule has 0 aliphatic heterocycles. The van der Waals surface area contributed by atoms with Crippen molar-refractivity contribution >= 4 is 23.5 Å². The summed E-state index contributed by atoms with van der Waals surface area (Å²) >= 11 is 0. The molecule has 2 aromatic heterocycles. The summed E-state index contributed by atoms with van der Waals surface area (Å²) in [4.78, 5) is 6.70. The second-order valence-corrected chi connectivity index (χ2v) is 7.86. The molecule has 8 heteroatoms. The fraction of sp³-hybridized carbons (Fsp3) is 0.143. The van der Waals surface area contributed by atoms with Gasteiger partial charge in [0.1, 0.15) is 0 Å². The van der Waals surface area contributed by atoms with Gasteiger partial charge in [0.2, 0.25) is 5.69 Å².